The summed E-state index contributed by atoms with van der Waals surface area (Å²) in [6, 6.07) is 21.7. The minimum absolute atomic E-state index is 0.00714. The first-order valence-electron chi connectivity index (χ1n) is 22.6. The SMILES string of the molecule is CC(C)Oc1ccc(-c2nc(-c3cccc4c3CC3CC(=O)N(CCO)C43)no2)cc1S(C)(=O)=O.[C-]#[N+]c1cc(OC(C)C)ccc1-c1nc(-c2cccc3c2CC2CC(=O)N(CCO)C32)no1. The molecule has 0 saturated carbocycles. The van der Waals surface area contributed by atoms with Crippen LogP contribution in [0.4, 0.5) is 5.69 Å². The van der Waals surface area contributed by atoms with E-state index in [0.29, 0.717) is 66.6 Å². The Morgan fingerprint density at radius 1 is 0.721 bits per heavy atom. The summed E-state index contributed by atoms with van der Waals surface area (Å²) in [6.07, 6.45) is 3.36. The number of hydrogen-bond acceptors (Lipinski definition) is 14. The van der Waals surface area contributed by atoms with Gasteiger partial charge in [0.1, 0.15) is 16.4 Å². The zero-order valence-corrected chi connectivity index (χ0v) is 39.1. The summed E-state index contributed by atoms with van der Waals surface area (Å²) in [5.41, 5.74) is 7.43. The first-order valence-corrected chi connectivity index (χ1v) is 24.5. The average Bonchev–Trinajstić information content (AvgIpc) is 4.17. The van der Waals surface area contributed by atoms with Gasteiger partial charge in [0.25, 0.3) is 5.89 Å². The molecule has 2 aliphatic carbocycles. The van der Waals surface area contributed by atoms with E-state index < -0.39 is 9.84 Å². The van der Waals surface area contributed by atoms with Gasteiger partial charge in [-0.1, -0.05) is 52.8 Å². The number of rotatable bonds is 13. The highest BCUT2D eigenvalue weighted by molar-refractivity contribution is 7.90. The normalized spacial score (nSPS) is 19.2. The Bertz CT molecular complexity index is 3070. The summed E-state index contributed by atoms with van der Waals surface area (Å²) in [7, 11) is -3.55. The van der Waals surface area contributed by atoms with Crippen molar-refractivity contribution >= 4 is 27.3 Å². The van der Waals surface area contributed by atoms with Crippen molar-refractivity contribution in [2.75, 3.05) is 32.6 Å². The molecule has 68 heavy (non-hydrogen) atoms. The molecule has 18 heteroatoms. The van der Waals surface area contributed by atoms with E-state index in [1.54, 1.807) is 40.1 Å². The molecule has 4 unspecified atom stereocenters. The number of nitrogens with zero attached hydrogens (tertiary/aromatic N) is 7. The zero-order chi connectivity index (χ0) is 48.0. The monoisotopic (exact) mass is 941 g/mol. The predicted molar refractivity (Wildman–Crippen MR) is 248 cm³/mol. The van der Waals surface area contributed by atoms with Gasteiger partial charge in [-0.3, -0.25) is 9.59 Å². The molecule has 0 bridgehead atoms. The van der Waals surface area contributed by atoms with E-state index in [1.807, 2.05) is 64.1 Å². The minimum Gasteiger partial charge on any atom is -0.492 e. The van der Waals surface area contributed by atoms with Gasteiger partial charge < -0.3 is 38.5 Å². The second-order valence-electron chi connectivity index (χ2n) is 18.0. The second-order valence-corrected chi connectivity index (χ2v) is 20.0. The standard InChI is InChI=1S/C25H24N4O4.C25H27N3O6S/c1-14(2)32-16-7-8-19(21(13-16)26-3)25-27-24(28-33-25)18-6-4-5-17-20(18)11-15-12-22(31)29(9-10-30)23(15)17;1-14(2)33-20-8-7-15(12-21(20)35(3,31)32)25-26-24(27-34-25)18-6-4-5-17-19(18)11-16-13-22(30)28(9-10-29)23(16)17/h4-8,13-15,23,30H,9-12H2,1-2H3;4-8,12,14,16,23,29H,9-11,13H2,1-3H3. The molecule has 2 amide bonds. The fourth-order valence-corrected chi connectivity index (χ4v) is 11.0. The van der Waals surface area contributed by atoms with Gasteiger partial charge in [0, 0.05) is 54.4 Å². The van der Waals surface area contributed by atoms with Crippen molar-refractivity contribution in [2.24, 2.45) is 11.8 Å². The molecule has 2 N–H and O–H groups in total. The summed E-state index contributed by atoms with van der Waals surface area (Å²) >= 11 is 0. The molecule has 4 aliphatic rings. The number of aliphatic hydroxyl groups is 2. The lowest BCUT2D eigenvalue weighted by atomic mass is 10.0. The van der Waals surface area contributed by atoms with Crippen LogP contribution in [0, 0.1) is 18.4 Å². The van der Waals surface area contributed by atoms with Crippen molar-refractivity contribution in [3.05, 3.63) is 106 Å². The minimum atomic E-state index is -3.55. The lowest BCUT2D eigenvalue weighted by Gasteiger charge is -2.24. The van der Waals surface area contributed by atoms with Crippen LogP contribution in [-0.4, -0.2) is 105 Å². The number of benzene rings is 4. The molecule has 10 rings (SSSR count). The van der Waals surface area contributed by atoms with E-state index in [4.69, 9.17) is 25.1 Å². The molecule has 2 fully saturated rings. The highest BCUT2D eigenvalue weighted by Gasteiger charge is 2.47. The second kappa shape index (κ2) is 18.6. The fraction of sp³-hybridized carbons (Fsp3) is 0.380. The van der Waals surface area contributed by atoms with Gasteiger partial charge in [0.2, 0.25) is 35.0 Å². The molecule has 2 saturated heterocycles. The molecule has 0 spiro atoms. The summed E-state index contributed by atoms with van der Waals surface area (Å²) in [5, 5.41) is 27.2. The van der Waals surface area contributed by atoms with Gasteiger partial charge in [0.05, 0.1) is 44.1 Å². The lowest BCUT2D eigenvalue weighted by molar-refractivity contribution is -0.130. The number of fused-ring (bicyclic) bond motifs is 6. The maximum Gasteiger partial charge on any atom is 0.258 e. The number of hydrogen-bond donors (Lipinski definition) is 2. The van der Waals surface area contributed by atoms with Crippen LogP contribution in [0.15, 0.2) is 86.7 Å². The molecule has 17 nitrogen and oxygen atoms in total. The summed E-state index contributed by atoms with van der Waals surface area (Å²) in [4.78, 5) is 41.2. The number of carbonyl (C=O) groups excluding carboxylic acids is 2. The lowest BCUT2D eigenvalue weighted by Crippen LogP contribution is -2.30. The number of sulfone groups is 1. The smallest absolute Gasteiger partial charge is 0.258 e. The van der Waals surface area contributed by atoms with Gasteiger partial charge in [0.15, 0.2) is 9.84 Å². The molecule has 352 valence electrons. The highest BCUT2D eigenvalue weighted by Crippen LogP contribution is 2.51. The summed E-state index contributed by atoms with van der Waals surface area (Å²) < 4.78 is 47.2. The highest BCUT2D eigenvalue weighted by atomic mass is 32.2. The third kappa shape index (κ3) is 8.72. The number of aromatic nitrogens is 4. The average molecular weight is 942 g/mol. The van der Waals surface area contributed by atoms with Crippen molar-refractivity contribution in [3.8, 4) is 57.2 Å². The molecule has 4 heterocycles. The van der Waals surface area contributed by atoms with E-state index in [0.717, 1.165) is 46.1 Å². The van der Waals surface area contributed by atoms with Crippen molar-refractivity contribution in [3.63, 3.8) is 0 Å². The van der Waals surface area contributed by atoms with Crippen LogP contribution >= 0.6 is 0 Å². The van der Waals surface area contributed by atoms with E-state index in [2.05, 4.69) is 25.1 Å². The Morgan fingerprint density at radius 3 is 1.78 bits per heavy atom. The molecule has 4 aromatic carbocycles. The largest absolute Gasteiger partial charge is 0.492 e. The Labute approximate surface area is 393 Å². The molecule has 2 aromatic heterocycles. The van der Waals surface area contributed by atoms with E-state index in [-0.39, 0.29) is 83.6 Å². The van der Waals surface area contributed by atoms with Crippen molar-refractivity contribution in [1.29, 1.82) is 0 Å². The van der Waals surface area contributed by atoms with Crippen molar-refractivity contribution < 1.29 is 46.7 Å². The van der Waals surface area contributed by atoms with E-state index >= 15 is 0 Å². The molecular weight excluding hydrogens is 891 g/mol. The Hall–Kier alpha value is -6.94. The van der Waals surface area contributed by atoms with Crippen molar-refractivity contribution in [2.45, 2.75) is 82.6 Å². The fourth-order valence-electron chi connectivity index (χ4n) is 10.1. The molecule has 4 atom stereocenters. The third-order valence-electron chi connectivity index (χ3n) is 12.7. The van der Waals surface area contributed by atoms with Gasteiger partial charge in [-0.25, -0.2) is 13.3 Å². The first-order chi connectivity index (χ1) is 32.7. The van der Waals surface area contributed by atoms with E-state index in [1.165, 1.54) is 6.07 Å². The van der Waals surface area contributed by atoms with Gasteiger partial charge in [-0.2, -0.15) is 9.97 Å². The molecule has 0 radical (unpaired) electrons. The zero-order valence-electron chi connectivity index (χ0n) is 38.2. The topological polar surface area (TPSA) is 216 Å². The maximum absolute atomic E-state index is 12.4. The molecular formula is C50H51N7O10S. The van der Waals surface area contributed by atoms with E-state index in [9.17, 15) is 28.2 Å². The van der Waals surface area contributed by atoms with Crippen LogP contribution < -0.4 is 9.47 Å². The number of aliphatic hydroxyl groups excluding tert-OH is 2. The van der Waals surface area contributed by atoms with Crippen LogP contribution in [0.25, 0.3) is 50.5 Å². The number of carbonyl (C=O) groups is 2. The third-order valence-corrected chi connectivity index (χ3v) is 13.9. The van der Waals surface area contributed by atoms with Gasteiger partial charge in [-0.15, -0.1) is 0 Å². The Balaban J connectivity index is 0.000000170. The summed E-state index contributed by atoms with van der Waals surface area (Å²) in [5.74, 6) is 2.74. The number of amides is 2. The maximum atomic E-state index is 12.4. The number of ether oxygens (including phenoxy) is 2. The van der Waals surface area contributed by atoms with Crippen LogP contribution in [0.1, 0.15) is 74.9 Å². The predicted octanol–water partition coefficient (Wildman–Crippen LogP) is 7.21. The molecule has 6 aromatic rings. The van der Waals surface area contributed by atoms with Gasteiger partial charge in [-0.05, 0) is 105 Å². The van der Waals surface area contributed by atoms with Gasteiger partial charge >= 0.3 is 0 Å². The first kappa shape index (κ1) is 46.2. The van der Waals surface area contributed by atoms with Crippen LogP contribution in [-0.2, 0) is 32.3 Å². The molecule has 2 aliphatic heterocycles. The quantitative estimate of drug-likeness (QED) is 0.109. The number of β-amino-alcohol motifs (C(OH)–C–C–N with tert-alkyl or cyclic N) is 2. The number of likely N-dealkylation sites (tertiary alicyclic amines) is 2. The van der Waals surface area contributed by atoms with Crippen molar-refractivity contribution in [1.82, 2.24) is 30.1 Å². The van der Waals surface area contributed by atoms with Crippen LogP contribution in [0.5, 0.6) is 11.5 Å². The Morgan fingerprint density at radius 2 is 1.26 bits per heavy atom. The van der Waals surface area contributed by atoms with Crippen LogP contribution in [0.3, 0.4) is 0 Å². The Kier molecular flexibility index (Phi) is 12.6. The summed E-state index contributed by atoms with van der Waals surface area (Å²) in [6.45, 7) is 15.6. The van der Waals surface area contributed by atoms with Crippen LogP contribution in [0.2, 0.25) is 0 Å².